The number of hydrogen-bond acceptors (Lipinski definition) is 4. The van der Waals surface area contributed by atoms with Crippen molar-refractivity contribution in [1.29, 1.82) is 0 Å². The van der Waals surface area contributed by atoms with Gasteiger partial charge in [-0.1, -0.05) is 24.3 Å². The molecule has 160 valence electrons. The van der Waals surface area contributed by atoms with Gasteiger partial charge in [-0.25, -0.2) is 0 Å². The summed E-state index contributed by atoms with van der Waals surface area (Å²) >= 11 is 0. The third-order valence-corrected chi connectivity index (χ3v) is 6.08. The molecule has 1 aromatic heterocycles. The van der Waals surface area contributed by atoms with E-state index < -0.39 is 0 Å². The molecule has 3 aromatic rings. The maximum Gasteiger partial charge on any atom is 0.252 e. The number of rotatable bonds is 5. The number of hydrogen-bond donors (Lipinski definition) is 1. The van der Waals surface area contributed by atoms with Crippen LogP contribution in [0.25, 0.3) is 11.1 Å². The van der Waals surface area contributed by atoms with Crippen molar-refractivity contribution in [2.75, 3.05) is 38.1 Å². The maximum atomic E-state index is 13.1. The highest BCUT2D eigenvalue weighted by molar-refractivity contribution is 5.96. The monoisotopic (exact) mass is 414 g/mol. The molecule has 5 nitrogen and oxygen atoms in total. The summed E-state index contributed by atoms with van der Waals surface area (Å²) in [5, 5.41) is 3.19. The quantitative estimate of drug-likeness (QED) is 0.676. The zero-order valence-electron chi connectivity index (χ0n) is 18.5. The first kappa shape index (κ1) is 21.1. The van der Waals surface area contributed by atoms with E-state index in [0.29, 0.717) is 0 Å². The van der Waals surface area contributed by atoms with Gasteiger partial charge in [-0.3, -0.25) is 9.78 Å². The van der Waals surface area contributed by atoms with Crippen LogP contribution in [-0.4, -0.2) is 49.0 Å². The predicted molar refractivity (Wildman–Crippen MR) is 126 cm³/mol. The first-order chi connectivity index (χ1) is 15.0. The van der Waals surface area contributed by atoms with Crippen LogP contribution in [0.5, 0.6) is 0 Å². The summed E-state index contributed by atoms with van der Waals surface area (Å²) in [5.41, 5.74) is 6.17. The fourth-order valence-electron chi connectivity index (χ4n) is 4.01. The standard InChI is InChI=1S/C26H30N4O/c1-19-7-8-24(30-15-13-29(3)14-16-30)18-25(19)26(31)28-20(2)22-5-4-6-23(17-22)21-9-11-27-12-10-21/h4-12,17-18,20H,13-16H2,1-3H3,(H,28,31)/t20-/m1/s1. The van der Waals surface area contributed by atoms with Gasteiger partial charge in [-0.05, 0) is 73.5 Å². The maximum absolute atomic E-state index is 13.1. The minimum absolute atomic E-state index is 0.0321. The van der Waals surface area contributed by atoms with Crippen LogP contribution in [-0.2, 0) is 0 Å². The number of carbonyl (C=O) groups excluding carboxylic acids is 1. The molecule has 1 N–H and O–H groups in total. The van der Waals surface area contributed by atoms with Gasteiger partial charge in [0.1, 0.15) is 0 Å². The van der Waals surface area contributed by atoms with Crippen LogP contribution in [0.4, 0.5) is 5.69 Å². The second-order valence-electron chi connectivity index (χ2n) is 8.35. The number of nitrogens with one attached hydrogen (secondary N) is 1. The zero-order chi connectivity index (χ0) is 21.8. The van der Waals surface area contributed by atoms with E-state index in [0.717, 1.165) is 59.7 Å². The molecule has 1 atom stereocenters. The molecule has 31 heavy (non-hydrogen) atoms. The van der Waals surface area contributed by atoms with Crippen LogP contribution in [0.2, 0.25) is 0 Å². The second-order valence-corrected chi connectivity index (χ2v) is 8.35. The zero-order valence-corrected chi connectivity index (χ0v) is 18.5. The lowest BCUT2D eigenvalue weighted by atomic mass is 10.00. The smallest absolute Gasteiger partial charge is 0.252 e. The van der Waals surface area contributed by atoms with Gasteiger partial charge < -0.3 is 15.1 Å². The summed E-state index contributed by atoms with van der Waals surface area (Å²) in [6.07, 6.45) is 3.59. The molecule has 1 aliphatic heterocycles. The van der Waals surface area contributed by atoms with E-state index in [9.17, 15) is 4.79 Å². The number of nitrogens with zero attached hydrogens (tertiary/aromatic N) is 3. The van der Waals surface area contributed by atoms with Crippen molar-refractivity contribution < 1.29 is 4.79 Å². The van der Waals surface area contributed by atoms with Crippen LogP contribution in [0.15, 0.2) is 67.0 Å². The molecule has 1 saturated heterocycles. The molecule has 0 bridgehead atoms. The van der Waals surface area contributed by atoms with Gasteiger partial charge in [0.15, 0.2) is 0 Å². The van der Waals surface area contributed by atoms with Crippen LogP contribution >= 0.6 is 0 Å². The molecular formula is C26H30N4O. The summed E-state index contributed by atoms with van der Waals surface area (Å²) in [7, 11) is 2.15. The predicted octanol–water partition coefficient (Wildman–Crippen LogP) is 4.30. The van der Waals surface area contributed by atoms with E-state index >= 15 is 0 Å². The Morgan fingerprint density at radius 3 is 2.45 bits per heavy atom. The van der Waals surface area contributed by atoms with Gasteiger partial charge in [0, 0.05) is 49.8 Å². The number of anilines is 1. The third-order valence-electron chi connectivity index (χ3n) is 6.08. The molecule has 0 radical (unpaired) electrons. The van der Waals surface area contributed by atoms with E-state index in [1.165, 1.54) is 0 Å². The fraction of sp³-hybridized carbons (Fsp3) is 0.308. The Bertz CT molecular complexity index is 1040. The molecule has 0 saturated carbocycles. The Hall–Kier alpha value is -3.18. The van der Waals surface area contributed by atoms with Crippen molar-refractivity contribution in [3.8, 4) is 11.1 Å². The van der Waals surface area contributed by atoms with Gasteiger partial charge in [-0.15, -0.1) is 0 Å². The second kappa shape index (κ2) is 9.31. The Morgan fingerprint density at radius 1 is 0.968 bits per heavy atom. The normalized spacial score (nSPS) is 15.5. The van der Waals surface area contributed by atoms with E-state index in [1.54, 1.807) is 12.4 Å². The van der Waals surface area contributed by atoms with Crippen LogP contribution in [0.1, 0.15) is 34.5 Å². The van der Waals surface area contributed by atoms with Crippen LogP contribution in [0.3, 0.4) is 0 Å². The van der Waals surface area contributed by atoms with Gasteiger partial charge in [0.25, 0.3) is 5.91 Å². The lowest BCUT2D eigenvalue weighted by Crippen LogP contribution is -2.44. The van der Waals surface area contributed by atoms with Crippen LogP contribution < -0.4 is 10.2 Å². The lowest BCUT2D eigenvalue weighted by molar-refractivity contribution is 0.0939. The Balaban J connectivity index is 1.50. The Morgan fingerprint density at radius 2 is 1.71 bits per heavy atom. The highest BCUT2D eigenvalue weighted by atomic mass is 16.1. The minimum atomic E-state index is -0.0963. The van der Waals surface area contributed by atoms with E-state index in [4.69, 9.17) is 0 Å². The van der Waals surface area contributed by atoms with Crippen molar-refractivity contribution >= 4 is 11.6 Å². The summed E-state index contributed by atoms with van der Waals surface area (Å²) in [6, 6.07) is 18.4. The van der Waals surface area contributed by atoms with E-state index in [2.05, 4.69) is 57.5 Å². The molecule has 1 aliphatic rings. The SMILES string of the molecule is Cc1ccc(N2CCN(C)CC2)cc1C(=O)N[C@H](C)c1cccc(-c2ccncc2)c1. The lowest BCUT2D eigenvalue weighted by Gasteiger charge is -2.34. The Labute approximate surface area is 184 Å². The first-order valence-corrected chi connectivity index (χ1v) is 10.9. The Kier molecular flexibility index (Phi) is 6.33. The fourth-order valence-corrected chi connectivity index (χ4v) is 4.01. The number of amides is 1. The minimum Gasteiger partial charge on any atom is -0.369 e. The molecular weight excluding hydrogens is 384 g/mol. The molecule has 0 spiro atoms. The summed E-state index contributed by atoms with van der Waals surface area (Å²) < 4.78 is 0. The number of pyridine rings is 1. The molecule has 0 aliphatic carbocycles. The highest BCUT2D eigenvalue weighted by Gasteiger charge is 2.18. The average molecular weight is 415 g/mol. The molecule has 1 amide bonds. The highest BCUT2D eigenvalue weighted by Crippen LogP contribution is 2.24. The van der Waals surface area contributed by atoms with Crippen LogP contribution in [0, 0.1) is 6.92 Å². The van der Waals surface area contributed by atoms with Crippen molar-refractivity contribution in [2.24, 2.45) is 0 Å². The molecule has 4 rings (SSSR count). The summed E-state index contributed by atoms with van der Waals surface area (Å²) in [4.78, 5) is 21.9. The van der Waals surface area contributed by atoms with Crippen molar-refractivity contribution in [2.45, 2.75) is 19.9 Å². The number of piperazine rings is 1. The topological polar surface area (TPSA) is 48.5 Å². The van der Waals surface area contributed by atoms with E-state index in [-0.39, 0.29) is 11.9 Å². The average Bonchev–Trinajstić information content (AvgIpc) is 2.80. The van der Waals surface area contributed by atoms with Crippen molar-refractivity contribution in [3.05, 3.63) is 83.7 Å². The van der Waals surface area contributed by atoms with Crippen molar-refractivity contribution in [3.63, 3.8) is 0 Å². The number of carbonyl (C=O) groups is 1. The molecule has 5 heteroatoms. The third kappa shape index (κ3) is 4.94. The molecule has 0 unspecified atom stereocenters. The van der Waals surface area contributed by atoms with Gasteiger partial charge in [0.05, 0.1) is 6.04 Å². The summed E-state index contributed by atoms with van der Waals surface area (Å²) in [6.45, 7) is 8.08. The van der Waals surface area contributed by atoms with Crippen molar-refractivity contribution in [1.82, 2.24) is 15.2 Å². The molecule has 1 fully saturated rings. The molecule has 2 aromatic carbocycles. The summed E-state index contributed by atoms with van der Waals surface area (Å²) in [5.74, 6) is -0.0321. The number of aromatic nitrogens is 1. The largest absolute Gasteiger partial charge is 0.369 e. The first-order valence-electron chi connectivity index (χ1n) is 10.9. The van der Waals surface area contributed by atoms with Gasteiger partial charge in [-0.2, -0.15) is 0 Å². The van der Waals surface area contributed by atoms with Gasteiger partial charge in [0.2, 0.25) is 0 Å². The number of likely N-dealkylation sites (N-methyl/N-ethyl adjacent to an activating group) is 1. The van der Waals surface area contributed by atoms with E-state index in [1.807, 2.05) is 38.1 Å². The number of benzene rings is 2. The molecule has 2 heterocycles. The number of aryl methyl sites for hydroxylation is 1. The van der Waals surface area contributed by atoms with Gasteiger partial charge >= 0.3 is 0 Å².